The van der Waals surface area contributed by atoms with Crippen molar-refractivity contribution in [1.82, 2.24) is 15.3 Å². The molecule has 20 heavy (non-hydrogen) atoms. The monoisotopic (exact) mass is 278 g/mol. The predicted octanol–water partition coefficient (Wildman–Crippen LogP) is 2.09. The van der Waals surface area contributed by atoms with Gasteiger partial charge in [0.2, 0.25) is 5.88 Å². The maximum absolute atomic E-state index is 5.48. The molecule has 1 aliphatic rings. The van der Waals surface area contributed by atoms with Crippen LogP contribution in [0.5, 0.6) is 5.88 Å². The number of nitrogens with one attached hydrogen (secondary N) is 1. The lowest BCUT2D eigenvalue weighted by Crippen LogP contribution is -2.41. The number of ether oxygens (including phenoxy) is 1. The second-order valence-corrected chi connectivity index (χ2v) is 5.61. The average Bonchev–Trinajstić information content (AvgIpc) is 2.46. The van der Waals surface area contributed by atoms with Gasteiger partial charge in [0, 0.05) is 18.7 Å². The average molecular weight is 278 g/mol. The van der Waals surface area contributed by atoms with Gasteiger partial charge in [0.15, 0.2) is 0 Å². The summed E-state index contributed by atoms with van der Waals surface area (Å²) < 4.78 is 5.48. The molecule has 1 saturated heterocycles. The molecule has 0 amide bonds. The second kappa shape index (κ2) is 7.43. The van der Waals surface area contributed by atoms with Gasteiger partial charge in [-0.25, -0.2) is 9.97 Å². The normalized spacial score (nSPS) is 19.1. The van der Waals surface area contributed by atoms with E-state index < -0.39 is 0 Å². The van der Waals surface area contributed by atoms with E-state index in [0.29, 0.717) is 24.4 Å². The van der Waals surface area contributed by atoms with Crippen LogP contribution in [0, 0.1) is 5.92 Å². The Hall–Kier alpha value is -1.36. The van der Waals surface area contributed by atoms with Crippen molar-refractivity contribution in [3.05, 3.63) is 12.4 Å². The Kier molecular flexibility index (Phi) is 5.59. The van der Waals surface area contributed by atoms with Gasteiger partial charge in [-0.2, -0.15) is 0 Å². The van der Waals surface area contributed by atoms with Gasteiger partial charge in [-0.05, 0) is 52.6 Å². The number of anilines is 1. The van der Waals surface area contributed by atoms with E-state index in [0.717, 1.165) is 25.5 Å². The molecule has 1 fully saturated rings. The van der Waals surface area contributed by atoms with Crippen LogP contribution in [0.2, 0.25) is 0 Å². The molecule has 0 aromatic carbocycles. The second-order valence-electron chi connectivity index (χ2n) is 5.61. The number of aromatic nitrogens is 2. The number of piperidine rings is 1. The van der Waals surface area contributed by atoms with E-state index in [9.17, 15) is 0 Å². The molecule has 5 nitrogen and oxygen atoms in total. The Labute approximate surface area is 121 Å². The minimum Gasteiger partial charge on any atom is -0.478 e. The van der Waals surface area contributed by atoms with Gasteiger partial charge in [-0.15, -0.1) is 0 Å². The van der Waals surface area contributed by atoms with Crippen molar-refractivity contribution in [2.45, 2.75) is 39.7 Å². The molecular formula is C15H26N4O. The maximum Gasteiger partial charge on any atom is 0.218 e. The number of nitrogens with zero attached hydrogens (tertiary/aromatic N) is 3. The van der Waals surface area contributed by atoms with Crippen molar-refractivity contribution in [3.63, 3.8) is 0 Å². The maximum atomic E-state index is 5.48. The summed E-state index contributed by atoms with van der Waals surface area (Å²) in [4.78, 5) is 10.9. The quantitative estimate of drug-likeness (QED) is 0.863. The fourth-order valence-electron chi connectivity index (χ4n) is 2.64. The predicted molar refractivity (Wildman–Crippen MR) is 81.3 cm³/mol. The molecule has 1 aromatic rings. The van der Waals surface area contributed by atoms with Crippen molar-refractivity contribution in [1.29, 1.82) is 0 Å². The Bertz CT molecular complexity index is 405. The van der Waals surface area contributed by atoms with Gasteiger partial charge in [-0.3, -0.25) is 0 Å². The third kappa shape index (κ3) is 4.07. The lowest BCUT2D eigenvalue weighted by atomic mass is 9.98. The first-order valence-corrected chi connectivity index (χ1v) is 7.63. The van der Waals surface area contributed by atoms with Crippen molar-refractivity contribution in [3.8, 4) is 5.88 Å². The largest absolute Gasteiger partial charge is 0.478 e. The molecule has 0 aliphatic carbocycles. The highest BCUT2D eigenvalue weighted by molar-refractivity contribution is 5.41. The third-order valence-electron chi connectivity index (χ3n) is 3.69. The topological polar surface area (TPSA) is 50.3 Å². The van der Waals surface area contributed by atoms with Crippen molar-refractivity contribution in [2.75, 3.05) is 31.1 Å². The smallest absolute Gasteiger partial charge is 0.218 e. The van der Waals surface area contributed by atoms with Gasteiger partial charge >= 0.3 is 0 Å². The van der Waals surface area contributed by atoms with E-state index in [1.54, 1.807) is 6.33 Å². The number of hydrogen-bond donors (Lipinski definition) is 1. The molecule has 0 bridgehead atoms. The van der Waals surface area contributed by atoms with E-state index in [1.165, 1.54) is 12.8 Å². The summed E-state index contributed by atoms with van der Waals surface area (Å²) in [6.45, 7) is 10.3. The van der Waals surface area contributed by atoms with Crippen molar-refractivity contribution >= 4 is 5.82 Å². The van der Waals surface area contributed by atoms with Crippen molar-refractivity contribution < 1.29 is 4.74 Å². The van der Waals surface area contributed by atoms with Crippen LogP contribution in [-0.4, -0.2) is 42.3 Å². The zero-order valence-electron chi connectivity index (χ0n) is 12.8. The highest BCUT2D eigenvalue weighted by Crippen LogP contribution is 2.21. The minimum absolute atomic E-state index is 0.418. The van der Waals surface area contributed by atoms with Crippen LogP contribution in [0.15, 0.2) is 12.4 Å². The Morgan fingerprint density at radius 3 is 2.95 bits per heavy atom. The Balaban J connectivity index is 2.08. The van der Waals surface area contributed by atoms with E-state index in [1.807, 2.05) is 13.0 Å². The van der Waals surface area contributed by atoms with Crippen LogP contribution in [-0.2, 0) is 0 Å². The summed E-state index contributed by atoms with van der Waals surface area (Å²) in [5.74, 6) is 2.31. The first-order valence-electron chi connectivity index (χ1n) is 7.63. The third-order valence-corrected chi connectivity index (χ3v) is 3.69. The van der Waals surface area contributed by atoms with E-state index >= 15 is 0 Å². The molecule has 112 valence electrons. The standard InChI is InChI=1S/C15H26N4O/c1-4-20-15-8-14(17-11-18-15)19(12(2)3)10-13-6-5-7-16-9-13/h8,11-13,16H,4-7,9-10H2,1-3H3. The molecular weight excluding hydrogens is 252 g/mol. The summed E-state index contributed by atoms with van der Waals surface area (Å²) >= 11 is 0. The molecule has 1 N–H and O–H groups in total. The summed E-state index contributed by atoms with van der Waals surface area (Å²) in [6.07, 6.45) is 4.15. The van der Waals surface area contributed by atoms with Crippen LogP contribution in [0.1, 0.15) is 33.6 Å². The van der Waals surface area contributed by atoms with Gasteiger partial charge in [0.1, 0.15) is 12.1 Å². The number of hydrogen-bond acceptors (Lipinski definition) is 5. The first kappa shape index (κ1) is 15.0. The van der Waals surface area contributed by atoms with Crippen molar-refractivity contribution in [2.24, 2.45) is 5.92 Å². The SMILES string of the molecule is CCOc1cc(N(CC2CCCNC2)C(C)C)ncn1. The van der Waals surface area contributed by atoms with E-state index in [2.05, 4.69) is 34.0 Å². The fourth-order valence-corrected chi connectivity index (χ4v) is 2.64. The molecule has 1 aromatic heterocycles. The van der Waals surface area contributed by atoms with Gasteiger partial charge in [0.05, 0.1) is 6.61 Å². The molecule has 1 unspecified atom stereocenters. The summed E-state index contributed by atoms with van der Waals surface area (Å²) in [6, 6.07) is 2.36. The molecule has 1 atom stereocenters. The molecule has 0 radical (unpaired) electrons. The zero-order chi connectivity index (χ0) is 14.4. The molecule has 0 saturated carbocycles. The van der Waals surface area contributed by atoms with Gasteiger partial charge in [0.25, 0.3) is 0 Å². The van der Waals surface area contributed by atoms with Crippen LogP contribution in [0.3, 0.4) is 0 Å². The van der Waals surface area contributed by atoms with Gasteiger partial charge in [-0.1, -0.05) is 0 Å². The Morgan fingerprint density at radius 2 is 2.30 bits per heavy atom. The van der Waals surface area contributed by atoms with Crippen LogP contribution in [0.4, 0.5) is 5.82 Å². The molecule has 1 aliphatic heterocycles. The lowest BCUT2D eigenvalue weighted by Gasteiger charge is -2.33. The highest BCUT2D eigenvalue weighted by atomic mass is 16.5. The van der Waals surface area contributed by atoms with Crippen LogP contribution in [0.25, 0.3) is 0 Å². The fraction of sp³-hybridized carbons (Fsp3) is 0.733. The molecule has 2 heterocycles. The van der Waals surface area contributed by atoms with Gasteiger partial charge < -0.3 is 15.0 Å². The minimum atomic E-state index is 0.418. The van der Waals surface area contributed by atoms with E-state index in [4.69, 9.17) is 4.74 Å². The lowest BCUT2D eigenvalue weighted by molar-refractivity contribution is 0.325. The van der Waals surface area contributed by atoms with Crippen LogP contribution < -0.4 is 15.0 Å². The molecule has 5 heteroatoms. The van der Waals surface area contributed by atoms with E-state index in [-0.39, 0.29) is 0 Å². The molecule has 2 rings (SSSR count). The highest BCUT2D eigenvalue weighted by Gasteiger charge is 2.20. The first-order chi connectivity index (χ1) is 9.70. The van der Waals surface area contributed by atoms with Crippen LogP contribution >= 0.6 is 0 Å². The summed E-state index contributed by atoms with van der Waals surface area (Å²) in [5, 5.41) is 3.48. The summed E-state index contributed by atoms with van der Waals surface area (Å²) in [7, 11) is 0. The molecule has 0 spiro atoms. The summed E-state index contributed by atoms with van der Waals surface area (Å²) in [5.41, 5.74) is 0. The Morgan fingerprint density at radius 1 is 1.45 bits per heavy atom. The number of rotatable bonds is 6. The zero-order valence-corrected chi connectivity index (χ0v) is 12.8.